The van der Waals surface area contributed by atoms with Gasteiger partial charge < -0.3 is 10.5 Å². The summed E-state index contributed by atoms with van der Waals surface area (Å²) in [5, 5.41) is 0. The number of nitrogens with two attached hydrogens (primary N) is 1. The fourth-order valence-electron chi connectivity index (χ4n) is 2.58. The molecule has 1 aromatic carbocycles. The molecular formula is C15H24N2O. The van der Waals surface area contributed by atoms with E-state index in [1.165, 1.54) is 18.5 Å². The van der Waals surface area contributed by atoms with E-state index in [0.29, 0.717) is 0 Å². The number of rotatable bonds is 3. The molecule has 1 fully saturated rings. The van der Waals surface area contributed by atoms with E-state index in [1.807, 2.05) is 12.1 Å². The minimum atomic E-state index is 0.769. The molecule has 0 amide bonds. The van der Waals surface area contributed by atoms with Crippen LogP contribution >= 0.6 is 0 Å². The Morgan fingerprint density at radius 3 is 2.78 bits per heavy atom. The van der Waals surface area contributed by atoms with Crippen LogP contribution in [0.3, 0.4) is 0 Å². The number of benzene rings is 1. The third-order valence-electron chi connectivity index (χ3n) is 4.16. The first-order valence-electron chi connectivity index (χ1n) is 6.75. The Balaban J connectivity index is 2.05. The van der Waals surface area contributed by atoms with Crippen LogP contribution in [-0.2, 0) is 6.54 Å². The van der Waals surface area contributed by atoms with Gasteiger partial charge in [-0.15, -0.1) is 0 Å². The van der Waals surface area contributed by atoms with Crippen LogP contribution < -0.4 is 10.5 Å². The van der Waals surface area contributed by atoms with E-state index in [2.05, 4.69) is 24.8 Å². The Labute approximate surface area is 110 Å². The number of nitrogen functional groups attached to an aromatic ring is 1. The second-order valence-electron chi connectivity index (χ2n) is 5.54. The molecule has 1 aliphatic rings. The van der Waals surface area contributed by atoms with Gasteiger partial charge in [-0.3, -0.25) is 4.90 Å². The third-order valence-corrected chi connectivity index (χ3v) is 4.16. The molecule has 2 unspecified atom stereocenters. The quantitative estimate of drug-likeness (QED) is 0.836. The van der Waals surface area contributed by atoms with Crippen molar-refractivity contribution in [3.63, 3.8) is 0 Å². The van der Waals surface area contributed by atoms with E-state index in [0.717, 1.165) is 36.4 Å². The summed E-state index contributed by atoms with van der Waals surface area (Å²) in [7, 11) is 1.69. The highest BCUT2D eigenvalue weighted by Crippen LogP contribution is 2.26. The monoisotopic (exact) mass is 248 g/mol. The summed E-state index contributed by atoms with van der Waals surface area (Å²) in [5.74, 6) is 2.49. The van der Waals surface area contributed by atoms with Crippen LogP contribution in [0.5, 0.6) is 5.75 Å². The number of hydrogen-bond acceptors (Lipinski definition) is 3. The molecule has 0 aromatic heterocycles. The zero-order chi connectivity index (χ0) is 13.1. The Hall–Kier alpha value is -1.22. The lowest BCUT2D eigenvalue weighted by molar-refractivity contribution is 0.132. The van der Waals surface area contributed by atoms with Crippen molar-refractivity contribution < 1.29 is 4.74 Å². The highest BCUT2D eigenvalue weighted by atomic mass is 16.5. The van der Waals surface area contributed by atoms with Gasteiger partial charge in [-0.25, -0.2) is 0 Å². The van der Waals surface area contributed by atoms with Gasteiger partial charge in [-0.1, -0.05) is 13.8 Å². The summed E-state index contributed by atoms with van der Waals surface area (Å²) in [5.41, 5.74) is 8.08. The van der Waals surface area contributed by atoms with E-state index < -0.39 is 0 Å². The molecule has 1 saturated heterocycles. The maximum Gasteiger partial charge on any atom is 0.119 e. The average molecular weight is 248 g/mol. The van der Waals surface area contributed by atoms with Crippen molar-refractivity contribution in [2.75, 3.05) is 25.9 Å². The molecular weight excluding hydrogens is 224 g/mol. The van der Waals surface area contributed by atoms with Gasteiger partial charge in [0.05, 0.1) is 7.11 Å². The molecule has 2 N–H and O–H groups in total. The number of anilines is 1. The van der Waals surface area contributed by atoms with Crippen molar-refractivity contribution >= 4 is 5.69 Å². The van der Waals surface area contributed by atoms with Crippen LogP contribution in [0.2, 0.25) is 0 Å². The summed E-state index contributed by atoms with van der Waals surface area (Å²) < 4.78 is 5.26. The number of hydrogen-bond donors (Lipinski definition) is 1. The summed E-state index contributed by atoms with van der Waals surface area (Å²) in [4.78, 5) is 2.50. The standard InChI is InChI=1S/C15H24N2O/c1-11-6-7-17(9-12(11)2)10-13-8-14(18-3)4-5-15(13)16/h4-5,8,11-12H,6-7,9-10,16H2,1-3H3. The van der Waals surface area contributed by atoms with Crippen molar-refractivity contribution in [3.8, 4) is 5.75 Å². The van der Waals surface area contributed by atoms with Crippen molar-refractivity contribution in [3.05, 3.63) is 23.8 Å². The SMILES string of the molecule is COc1ccc(N)c(CN2CCC(C)C(C)C2)c1. The normalized spacial score (nSPS) is 25.1. The molecule has 1 heterocycles. The molecule has 3 nitrogen and oxygen atoms in total. The van der Waals surface area contributed by atoms with Gasteiger partial charge in [0.2, 0.25) is 0 Å². The van der Waals surface area contributed by atoms with E-state index in [-0.39, 0.29) is 0 Å². The van der Waals surface area contributed by atoms with Gasteiger partial charge in [-0.2, -0.15) is 0 Å². The van der Waals surface area contributed by atoms with E-state index in [1.54, 1.807) is 7.11 Å². The van der Waals surface area contributed by atoms with Crippen LogP contribution in [0.15, 0.2) is 18.2 Å². The van der Waals surface area contributed by atoms with Crippen molar-refractivity contribution in [2.45, 2.75) is 26.8 Å². The van der Waals surface area contributed by atoms with E-state index in [9.17, 15) is 0 Å². The summed E-state index contributed by atoms with van der Waals surface area (Å²) >= 11 is 0. The Morgan fingerprint density at radius 2 is 2.11 bits per heavy atom. The number of likely N-dealkylation sites (tertiary alicyclic amines) is 1. The molecule has 0 radical (unpaired) electrons. The maximum absolute atomic E-state index is 6.04. The van der Waals surface area contributed by atoms with E-state index >= 15 is 0 Å². The second kappa shape index (κ2) is 5.61. The van der Waals surface area contributed by atoms with Crippen LogP contribution in [0, 0.1) is 11.8 Å². The molecule has 100 valence electrons. The smallest absolute Gasteiger partial charge is 0.119 e. The molecule has 0 aliphatic carbocycles. The first kappa shape index (κ1) is 13.2. The molecule has 1 aliphatic heterocycles. The van der Waals surface area contributed by atoms with Crippen LogP contribution in [-0.4, -0.2) is 25.1 Å². The topological polar surface area (TPSA) is 38.5 Å². The summed E-state index contributed by atoms with van der Waals surface area (Å²) in [6.07, 6.45) is 1.28. The molecule has 2 atom stereocenters. The highest BCUT2D eigenvalue weighted by molar-refractivity contribution is 5.50. The summed E-state index contributed by atoms with van der Waals surface area (Å²) in [6.45, 7) is 7.95. The molecule has 1 aromatic rings. The van der Waals surface area contributed by atoms with Gasteiger partial charge in [0, 0.05) is 18.8 Å². The molecule has 18 heavy (non-hydrogen) atoms. The van der Waals surface area contributed by atoms with Gasteiger partial charge in [0.15, 0.2) is 0 Å². The van der Waals surface area contributed by atoms with Gasteiger partial charge in [-0.05, 0) is 48.6 Å². The number of methoxy groups -OCH3 is 1. The maximum atomic E-state index is 6.04. The van der Waals surface area contributed by atoms with Gasteiger partial charge in [0.25, 0.3) is 0 Å². The Bertz CT molecular complexity index is 405. The second-order valence-corrected chi connectivity index (χ2v) is 5.54. The number of ether oxygens (including phenoxy) is 1. The number of nitrogens with zero attached hydrogens (tertiary/aromatic N) is 1. The first-order valence-corrected chi connectivity index (χ1v) is 6.75. The lowest BCUT2D eigenvalue weighted by Crippen LogP contribution is -2.37. The average Bonchev–Trinajstić information content (AvgIpc) is 2.36. The largest absolute Gasteiger partial charge is 0.497 e. The lowest BCUT2D eigenvalue weighted by Gasteiger charge is -2.35. The number of piperidine rings is 1. The lowest BCUT2D eigenvalue weighted by atomic mass is 9.88. The van der Waals surface area contributed by atoms with Gasteiger partial charge >= 0.3 is 0 Å². The fraction of sp³-hybridized carbons (Fsp3) is 0.600. The molecule has 0 bridgehead atoms. The van der Waals surface area contributed by atoms with E-state index in [4.69, 9.17) is 10.5 Å². The fourth-order valence-corrected chi connectivity index (χ4v) is 2.58. The molecule has 2 rings (SSSR count). The van der Waals surface area contributed by atoms with Gasteiger partial charge in [0.1, 0.15) is 5.75 Å². The van der Waals surface area contributed by atoms with Crippen LogP contribution in [0.1, 0.15) is 25.8 Å². The first-order chi connectivity index (χ1) is 8.60. The molecule has 0 saturated carbocycles. The predicted molar refractivity (Wildman–Crippen MR) is 75.6 cm³/mol. The van der Waals surface area contributed by atoms with Crippen molar-refractivity contribution in [1.82, 2.24) is 4.90 Å². The predicted octanol–water partition coefficient (Wildman–Crippen LogP) is 2.76. The molecule has 3 heteroatoms. The van der Waals surface area contributed by atoms with Crippen LogP contribution in [0.4, 0.5) is 5.69 Å². The summed E-state index contributed by atoms with van der Waals surface area (Å²) in [6, 6.07) is 5.90. The Kier molecular flexibility index (Phi) is 4.12. The highest BCUT2D eigenvalue weighted by Gasteiger charge is 2.22. The zero-order valence-corrected chi connectivity index (χ0v) is 11.6. The third kappa shape index (κ3) is 2.96. The Morgan fingerprint density at radius 1 is 1.33 bits per heavy atom. The van der Waals surface area contributed by atoms with Crippen LogP contribution in [0.25, 0.3) is 0 Å². The van der Waals surface area contributed by atoms with Crippen molar-refractivity contribution in [2.24, 2.45) is 11.8 Å². The van der Waals surface area contributed by atoms with Crippen molar-refractivity contribution in [1.29, 1.82) is 0 Å². The zero-order valence-electron chi connectivity index (χ0n) is 11.6. The minimum absolute atomic E-state index is 0.769. The molecule has 0 spiro atoms. The minimum Gasteiger partial charge on any atom is -0.497 e.